The van der Waals surface area contributed by atoms with Crippen LogP contribution in [0.15, 0.2) is 36.4 Å². The number of aryl methyl sites for hydroxylation is 1. The van der Waals surface area contributed by atoms with Crippen LogP contribution in [-0.2, 0) is 4.79 Å². The summed E-state index contributed by atoms with van der Waals surface area (Å²) in [5, 5.41) is 10.3. The molecule has 1 fully saturated rings. The van der Waals surface area contributed by atoms with Gasteiger partial charge in [-0.25, -0.2) is 0 Å². The second kappa shape index (κ2) is 7.73. The van der Waals surface area contributed by atoms with Crippen molar-refractivity contribution < 1.29 is 9.90 Å². The third-order valence-electron chi connectivity index (χ3n) is 4.71. The number of benzene rings is 1. The molecule has 0 saturated carbocycles. The van der Waals surface area contributed by atoms with Gasteiger partial charge in [0.2, 0.25) is 0 Å². The summed E-state index contributed by atoms with van der Waals surface area (Å²) in [5.41, 5.74) is 2.74. The Hall–Kier alpha value is -1.62. The van der Waals surface area contributed by atoms with Crippen molar-refractivity contribution in [3.8, 4) is 0 Å². The molecule has 0 amide bonds. The third kappa shape index (κ3) is 3.97. The van der Waals surface area contributed by atoms with E-state index in [0.717, 1.165) is 17.0 Å². The van der Waals surface area contributed by atoms with Gasteiger partial charge in [-0.1, -0.05) is 41.4 Å². The lowest BCUT2D eigenvalue weighted by Crippen LogP contribution is -2.39. The summed E-state index contributed by atoms with van der Waals surface area (Å²) in [4.78, 5) is 18.2. The van der Waals surface area contributed by atoms with E-state index in [-0.39, 0.29) is 12.0 Å². The Labute approximate surface area is 157 Å². The molecule has 25 heavy (non-hydrogen) atoms. The molecular formula is C19H20Cl2N2O2. The van der Waals surface area contributed by atoms with Crippen molar-refractivity contribution in [2.45, 2.75) is 25.8 Å². The van der Waals surface area contributed by atoms with E-state index in [1.165, 1.54) is 0 Å². The summed E-state index contributed by atoms with van der Waals surface area (Å²) in [6.45, 7) is 3.32. The molecule has 0 aliphatic carbocycles. The monoisotopic (exact) mass is 378 g/mol. The van der Waals surface area contributed by atoms with Crippen molar-refractivity contribution in [2.75, 3.05) is 13.1 Å². The van der Waals surface area contributed by atoms with Crippen molar-refractivity contribution in [1.82, 2.24) is 9.88 Å². The van der Waals surface area contributed by atoms with E-state index in [1.807, 2.05) is 37.3 Å². The van der Waals surface area contributed by atoms with Crippen LogP contribution in [0.25, 0.3) is 0 Å². The standard InChI is InChI=1S/C19H20Cl2N2O2/c1-12-4-2-7-16(22-12)18(14-5-3-6-15(20)17(14)21)23-10-8-13(9-11-23)19(24)25/h2-7,13,18H,8-11H2,1H3,(H,24,25). The van der Waals surface area contributed by atoms with Crippen molar-refractivity contribution in [3.05, 3.63) is 63.4 Å². The molecule has 2 heterocycles. The lowest BCUT2D eigenvalue weighted by Gasteiger charge is -2.37. The van der Waals surface area contributed by atoms with Gasteiger partial charge in [0.1, 0.15) is 0 Å². The number of nitrogens with zero attached hydrogens (tertiary/aromatic N) is 2. The largest absolute Gasteiger partial charge is 0.481 e. The van der Waals surface area contributed by atoms with E-state index < -0.39 is 5.97 Å². The van der Waals surface area contributed by atoms with Crippen LogP contribution >= 0.6 is 23.2 Å². The molecule has 4 nitrogen and oxygen atoms in total. The van der Waals surface area contributed by atoms with E-state index in [1.54, 1.807) is 6.07 Å². The molecule has 1 aliphatic rings. The maximum absolute atomic E-state index is 11.2. The molecule has 1 aliphatic heterocycles. The Bertz CT molecular complexity index is 774. The van der Waals surface area contributed by atoms with Crippen molar-refractivity contribution >= 4 is 29.2 Å². The van der Waals surface area contributed by atoms with Gasteiger partial charge < -0.3 is 5.11 Å². The van der Waals surface area contributed by atoms with Gasteiger partial charge in [-0.3, -0.25) is 14.7 Å². The molecule has 1 aromatic heterocycles. The SMILES string of the molecule is Cc1cccc(C(c2cccc(Cl)c2Cl)N2CCC(C(=O)O)CC2)n1. The lowest BCUT2D eigenvalue weighted by atomic mass is 9.93. The van der Waals surface area contributed by atoms with Crippen LogP contribution in [-0.4, -0.2) is 34.0 Å². The highest BCUT2D eigenvalue weighted by molar-refractivity contribution is 6.42. The van der Waals surface area contributed by atoms with Gasteiger partial charge in [0.05, 0.1) is 27.7 Å². The fourth-order valence-electron chi connectivity index (χ4n) is 3.40. The number of pyridine rings is 1. The van der Waals surface area contributed by atoms with Gasteiger partial charge in [0.25, 0.3) is 0 Å². The first kappa shape index (κ1) is 18.2. The first-order valence-corrected chi connectivity index (χ1v) is 9.07. The zero-order chi connectivity index (χ0) is 18.0. The molecule has 3 rings (SSSR count). The van der Waals surface area contributed by atoms with E-state index in [9.17, 15) is 9.90 Å². The molecule has 0 bridgehead atoms. The Balaban J connectivity index is 1.98. The highest BCUT2D eigenvalue weighted by atomic mass is 35.5. The van der Waals surface area contributed by atoms with Gasteiger partial charge in [-0.15, -0.1) is 0 Å². The number of aliphatic carboxylic acids is 1. The number of halogens is 2. The van der Waals surface area contributed by atoms with Crippen LogP contribution < -0.4 is 0 Å². The number of carbonyl (C=O) groups is 1. The number of rotatable bonds is 4. The number of carboxylic acids is 1. The van der Waals surface area contributed by atoms with E-state index in [4.69, 9.17) is 28.2 Å². The number of likely N-dealkylation sites (tertiary alicyclic amines) is 1. The van der Waals surface area contributed by atoms with E-state index >= 15 is 0 Å². The quantitative estimate of drug-likeness (QED) is 0.845. The minimum atomic E-state index is -0.717. The average Bonchev–Trinajstić information content (AvgIpc) is 2.59. The fraction of sp³-hybridized carbons (Fsp3) is 0.368. The van der Waals surface area contributed by atoms with Crippen molar-refractivity contribution in [2.24, 2.45) is 5.92 Å². The molecule has 1 aromatic carbocycles. The molecule has 0 radical (unpaired) electrons. The topological polar surface area (TPSA) is 53.4 Å². The Morgan fingerprint density at radius 1 is 1.20 bits per heavy atom. The smallest absolute Gasteiger partial charge is 0.306 e. The van der Waals surface area contributed by atoms with Gasteiger partial charge in [0, 0.05) is 5.69 Å². The second-order valence-electron chi connectivity index (χ2n) is 6.40. The molecule has 1 unspecified atom stereocenters. The van der Waals surface area contributed by atoms with E-state index in [0.29, 0.717) is 36.0 Å². The first-order chi connectivity index (χ1) is 12.0. The summed E-state index contributed by atoms with van der Waals surface area (Å²) in [7, 11) is 0. The predicted molar refractivity (Wildman–Crippen MR) is 99.2 cm³/mol. The minimum absolute atomic E-state index is 0.138. The average molecular weight is 379 g/mol. The highest BCUT2D eigenvalue weighted by Gasteiger charge is 2.32. The fourth-order valence-corrected chi connectivity index (χ4v) is 3.81. The van der Waals surface area contributed by atoms with Gasteiger partial charge in [-0.05, 0) is 56.6 Å². The molecule has 1 saturated heterocycles. The summed E-state index contributed by atoms with van der Waals surface area (Å²) < 4.78 is 0. The molecular weight excluding hydrogens is 359 g/mol. The summed E-state index contributed by atoms with van der Waals surface area (Å²) in [6.07, 6.45) is 1.24. The zero-order valence-corrected chi connectivity index (χ0v) is 15.5. The molecule has 2 aromatic rings. The summed E-state index contributed by atoms with van der Waals surface area (Å²) in [6, 6.07) is 11.4. The summed E-state index contributed by atoms with van der Waals surface area (Å²) >= 11 is 12.7. The van der Waals surface area contributed by atoms with Crippen molar-refractivity contribution in [3.63, 3.8) is 0 Å². The Kier molecular flexibility index (Phi) is 5.62. The molecule has 6 heteroatoms. The van der Waals surface area contributed by atoms with Gasteiger partial charge in [0.15, 0.2) is 0 Å². The van der Waals surface area contributed by atoms with Crippen LogP contribution in [0.2, 0.25) is 10.0 Å². The molecule has 0 spiro atoms. The minimum Gasteiger partial charge on any atom is -0.481 e. The number of hydrogen-bond acceptors (Lipinski definition) is 3. The normalized spacial score (nSPS) is 17.4. The van der Waals surface area contributed by atoms with Crippen LogP contribution in [0.1, 0.15) is 35.8 Å². The number of carboxylic acid groups (broad SMARTS) is 1. The maximum atomic E-state index is 11.2. The van der Waals surface area contributed by atoms with Gasteiger partial charge in [-0.2, -0.15) is 0 Å². The molecule has 1 N–H and O–H groups in total. The molecule has 1 atom stereocenters. The molecule has 132 valence electrons. The van der Waals surface area contributed by atoms with Crippen LogP contribution in [0, 0.1) is 12.8 Å². The lowest BCUT2D eigenvalue weighted by molar-refractivity contribution is -0.143. The van der Waals surface area contributed by atoms with Crippen LogP contribution in [0.3, 0.4) is 0 Å². The number of aromatic nitrogens is 1. The number of hydrogen-bond donors (Lipinski definition) is 1. The maximum Gasteiger partial charge on any atom is 0.306 e. The third-order valence-corrected chi connectivity index (χ3v) is 5.54. The Morgan fingerprint density at radius 2 is 1.88 bits per heavy atom. The van der Waals surface area contributed by atoms with Gasteiger partial charge >= 0.3 is 5.97 Å². The van der Waals surface area contributed by atoms with Crippen LogP contribution in [0.5, 0.6) is 0 Å². The zero-order valence-electron chi connectivity index (χ0n) is 14.0. The number of piperidine rings is 1. The van der Waals surface area contributed by atoms with Crippen LogP contribution in [0.4, 0.5) is 0 Å². The second-order valence-corrected chi connectivity index (χ2v) is 7.18. The highest BCUT2D eigenvalue weighted by Crippen LogP contribution is 2.38. The van der Waals surface area contributed by atoms with Crippen molar-refractivity contribution in [1.29, 1.82) is 0 Å². The first-order valence-electron chi connectivity index (χ1n) is 8.31. The van der Waals surface area contributed by atoms with E-state index in [2.05, 4.69) is 4.90 Å². The Morgan fingerprint density at radius 3 is 2.52 bits per heavy atom. The summed E-state index contributed by atoms with van der Waals surface area (Å²) in [5.74, 6) is -0.997. The predicted octanol–water partition coefficient (Wildman–Crippen LogP) is 4.58.